The van der Waals surface area contributed by atoms with Crippen molar-refractivity contribution in [2.45, 2.75) is 11.4 Å². The number of amides is 1. The van der Waals surface area contributed by atoms with E-state index < -0.39 is 0 Å². The molecule has 28 heavy (non-hydrogen) atoms. The van der Waals surface area contributed by atoms with Gasteiger partial charge in [-0.3, -0.25) is 9.69 Å². The minimum absolute atomic E-state index is 0.0173. The molecule has 2 fully saturated rings. The highest BCUT2D eigenvalue weighted by Gasteiger charge is 2.50. The standard InChI is InChI=1S/C20H18N2O4S2/c1-25-15-9-7-14(8-10-15)21-17(23)16-11-28-18(22(16)20(21)27)12-3-5-13(6-4-12)19(24)26-2/h3-10,16,18H,11H2,1-2H3/t16-,18-/m0/s1. The molecule has 0 radical (unpaired) electrons. The molecule has 4 rings (SSSR count). The summed E-state index contributed by atoms with van der Waals surface area (Å²) in [5, 5.41) is 0.420. The molecule has 2 aromatic rings. The minimum Gasteiger partial charge on any atom is -0.497 e. The molecule has 0 bridgehead atoms. The number of esters is 1. The van der Waals surface area contributed by atoms with E-state index in [1.54, 1.807) is 35.9 Å². The lowest BCUT2D eigenvalue weighted by Crippen LogP contribution is -2.33. The first-order valence-electron chi connectivity index (χ1n) is 8.65. The number of fused-ring (bicyclic) bond motifs is 1. The fourth-order valence-electron chi connectivity index (χ4n) is 3.42. The maximum absolute atomic E-state index is 13.0. The first-order chi connectivity index (χ1) is 13.5. The summed E-state index contributed by atoms with van der Waals surface area (Å²) in [6, 6.07) is 14.2. The molecule has 2 aromatic carbocycles. The Hall–Kier alpha value is -2.58. The maximum Gasteiger partial charge on any atom is 0.337 e. The number of hydrogen-bond acceptors (Lipinski definition) is 6. The number of ether oxygens (including phenoxy) is 2. The Morgan fingerprint density at radius 3 is 2.39 bits per heavy atom. The van der Waals surface area contributed by atoms with Crippen molar-refractivity contribution in [2.75, 3.05) is 24.9 Å². The van der Waals surface area contributed by atoms with Gasteiger partial charge in [-0.2, -0.15) is 0 Å². The first-order valence-corrected chi connectivity index (χ1v) is 10.1. The second kappa shape index (κ2) is 7.44. The van der Waals surface area contributed by atoms with E-state index in [1.807, 2.05) is 41.3 Å². The van der Waals surface area contributed by atoms with Gasteiger partial charge in [-0.15, -0.1) is 11.8 Å². The van der Waals surface area contributed by atoms with Crippen LogP contribution in [0.25, 0.3) is 0 Å². The molecule has 2 heterocycles. The van der Waals surface area contributed by atoms with Crippen LogP contribution in [0.3, 0.4) is 0 Å². The molecule has 2 saturated heterocycles. The zero-order valence-electron chi connectivity index (χ0n) is 15.3. The Kier molecular flexibility index (Phi) is 4.99. The summed E-state index contributed by atoms with van der Waals surface area (Å²) in [6.45, 7) is 0. The molecular weight excluding hydrogens is 396 g/mol. The van der Waals surface area contributed by atoms with E-state index in [2.05, 4.69) is 0 Å². The molecule has 0 N–H and O–H groups in total. The maximum atomic E-state index is 13.0. The monoisotopic (exact) mass is 414 g/mol. The molecule has 8 heteroatoms. The average molecular weight is 415 g/mol. The van der Waals surface area contributed by atoms with E-state index in [1.165, 1.54) is 7.11 Å². The summed E-state index contributed by atoms with van der Waals surface area (Å²) in [7, 11) is 2.96. The van der Waals surface area contributed by atoms with Gasteiger partial charge in [0.05, 0.1) is 25.5 Å². The van der Waals surface area contributed by atoms with Crippen LogP contribution in [0.2, 0.25) is 0 Å². The highest BCUT2D eigenvalue weighted by Crippen LogP contribution is 2.46. The number of thiocarbonyl (C=S) groups is 1. The first kappa shape index (κ1) is 18.8. The van der Waals surface area contributed by atoms with Crippen molar-refractivity contribution in [3.8, 4) is 5.75 Å². The van der Waals surface area contributed by atoms with Gasteiger partial charge >= 0.3 is 5.97 Å². The molecule has 0 aromatic heterocycles. The van der Waals surface area contributed by atoms with Crippen molar-refractivity contribution in [2.24, 2.45) is 0 Å². The van der Waals surface area contributed by atoms with Gasteiger partial charge in [0.15, 0.2) is 5.11 Å². The summed E-state index contributed by atoms with van der Waals surface area (Å²) in [6.07, 6.45) is 0. The van der Waals surface area contributed by atoms with Crippen molar-refractivity contribution in [1.82, 2.24) is 4.90 Å². The van der Waals surface area contributed by atoms with Crippen molar-refractivity contribution in [3.05, 3.63) is 59.7 Å². The number of anilines is 1. The van der Waals surface area contributed by atoms with Gasteiger partial charge in [-0.25, -0.2) is 4.79 Å². The smallest absolute Gasteiger partial charge is 0.337 e. The second-order valence-corrected chi connectivity index (χ2v) is 7.85. The number of benzene rings is 2. The molecule has 0 spiro atoms. The van der Waals surface area contributed by atoms with E-state index in [-0.39, 0.29) is 23.3 Å². The topological polar surface area (TPSA) is 59.1 Å². The normalized spacial score (nSPS) is 21.1. The minimum atomic E-state index is -0.374. The predicted molar refractivity (Wildman–Crippen MR) is 112 cm³/mol. The second-order valence-electron chi connectivity index (χ2n) is 6.38. The van der Waals surface area contributed by atoms with E-state index in [4.69, 9.17) is 21.7 Å². The zero-order valence-corrected chi connectivity index (χ0v) is 17.0. The molecular formula is C20H18N2O4S2. The van der Waals surface area contributed by atoms with Gasteiger partial charge in [-0.1, -0.05) is 12.1 Å². The van der Waals surface area contributed by atoms with Gasteiger partial charge in [0.2, 0.25) is 0 Å². The third-order valence-corrected chi connectivity index (χ3v) is 6.58. The Balaban J connectivity index is 1.60. The predicted octanol–water partition coefficient (Wildman–Crippen LogP) is 3.23. The Morgan fingerprint density at radius 1 is 1.11 bits per heavy atom. The Labute approximate surface area is 172 Å². The van der Waals surface area contributed by atoms with Crippen molar-refractivity contribution < 1.29 is 19.1 Å². The van der Waals surface area contributed by atoms with E-state index in [9.17, 15) is 9.59 Å². The van der Waals surface area contributed by atoms with E-state index in [0.717, 1.165) is 17.0 Å². The molecule has 2 atom stereocenters. The quantitative estimate of drug-likeness (QED) is 0.562. The number of thioether (sulfide) groups is 1. The Bertz CT molecular complexity index is 930. The van der Waals surface area contributed by atoms with Gasteiger partial charge in [0, 0.05) is 5.75 Å². The van der Waals surface area contributed by atoms with Gasteiger partial charge in [0.1, 0.15) is 17.2 Å². The molecule has 0 saturated carbocycles. The zero-order chi connectivity index (χ0) is 19.8. The molecule has 0 aliphatic carbocycles. The molecule has 2 aliphatic heterocycles. The number of methoxy groups -OCH3 is 2. The number of nitrogens with zero attached hydrogens (tertiary/aromatic N) is 2. The van der Waals surface area contributed by atoms with Crippen LogP contribution in [0.1, 0.15) is 21.3 Å². The van der Waals surface area contributed by atoms with E-state index >= 15 is 0 Å². The summed E-state index contributed by atoms with van der Waals surface area (Å²) in [4.78, 5) is 28.2. The van der Waals surface area contributed by atoms with Gasteiger partial charge < -0.3 is 14.4 Å². The number of rotatable bonds is 4. The summed E-state index contributed by atoms with van der Waals surface area (Å²) >= 11 is 7.35. The molecule has 0 unspecified atom stereocenters. The Morgan fingerprint density at radius 2 is 1.79 bits per heavy atom. The van der Waals surface area contributed by atoms with E-state index in [0.29, 0.717) is 16.4 Å². The van der Waals surface area contributed by atoms with Crippen LogP contribution in [-0.4, -0.2) is 47.9 Å². The fraction of sp³-hybridized carbons (Fsp3) is 0.250. The van der Waals surface area contributed by atoms with Gasteiger partial charge in [0.25, 0.3) is 5.91 Å². The number of carbonyl (C=O) groups excluding carboxylic acids is 2. The van der Waals surface area contributed by atoms with Crippen molar-refractivity contribution in [3.63, 3.8) is 0 Å². The van der Waals surface area contributed by atoms with Crippen molar-refractivity contribution in [1.29, 1.82) is 0 Å². The lowest BCUT2D eigenvalue weighted by atomic mass is 10.1. The molecule has 6 nitrogen and oxygen atoms in total. The SMILES string of the molecule is COC(=O)c1ccc([C@@H]2SC[C@H]3C(=O)N(c4ccc(OC)cc4)C(=S)N32)cc1. The average Bonchev–Trinajstić information content (AvgIpc) is 3.28. The lowest BCUT2D eigenvalue weighted by molar-refractivity contribution is -0.119. The third kappa shape index (κ3) is 3.02. The molecule has 2 aliphatic rings. The molecule has 144 valence electrons. The summed E-state index contributed by atoms with van der Waals surface area (Å²) < 4.78 is 9.93. The summed E-state index contributed by atoms with van der Waals surface area (Å²) in [5.74, 6) is 0.994. The highest BCUT2D eigenvalue weighted by molar-refractivity contribution is 7.99. The summed E-state index contributed by atoms with van der Waals surface area (Å²) in [5.41, 5.74) is 2.22. The lowest BCUT2D eigenvalue weighted by Gasteiger charge is -2.25. The number of carbonyl (C=O) groups is 2. The van der Waals surface area contributed by atoms with Crippen LogP contribution < -0.4 is 9.64 Å². The van der Waals surface area contributed by atoms with Crippen molar-refractivity contribution >= 4 is 46.7 Å². The van der Waals surface area contributed by atoms with Crippen LogP contribution in [0, 0.1) is 0 Å². The number of hydrogen-bond donors (Lipinski definition) is 0. The molecule has 1 amide bonds. The van der Waals surface area contributed by atoms with Crippen LogP contribution in [-0.2, 0) is 9.53 Å². The van der Waals surface area contributed by atoms with Crippen LogP contribution in [0.5, 0.6) is 5.75 Å². The third-order valence-electron chi connectivity index (χ3n) is 4.87. The van der Waals surface area contributed by atoms with Crippen LogP contribution in [0.4, 0.5) is 5.69 Å². The highest BCUT2D eigenvalue weighted by atomic mass is 32.2. The van der Waals surface area contributed by atoms with Crippen LogP contribution in [0.15, 0.2) is 48.5 Å². The van der Waals surface area contributed by atoms with Gasteiger partial charge in [-0.05, 0) is 54.2 Å². The largest absolute Gasteiger partial charge is 0.497 e. The fourth-order valence-corrected chi connectivity index (χ4v) is 5.34. The van der Waals surface area contributed by atoms with Crippen LogP contribution >= 0.6 is 24.0 Å².